The zero-order valence-electron chi connectivity index (χ0n) is 8.16. The molecule has 1 unspecified atom stereocenters. The SMILES string of the molecule is C=CC(N)CCC(=O)OC(C)C.Cl. The minimum Gasteiger partial charge on any atom is -0.463 e. The minimum atomic E-state index is -0.192. The highest BCUT2D eigenvalue weighted by Gasteiger charge is 2.06. The van der Waals surface area contributed by atoms with Crippen molar-refractivity contribution >= 4 is 18.4 Å². The van der Waals surface area contributed by atoms with E-state index in [0.29, 0.717) is 12.8 Å². The number of rotatable bonds is 5. The first-order chi connectivity index (χ1) is 5.56. The van der Waals surface area contributed by atoms with Crippen LogP contribution in [0, 0.1) is 0 Å². The van der Waals surface area contributed by atoms with Gasteiger partial charge in [-0.25, -0.2) is 0 Å². The standard InChI is InChI=1S/C9H17NO2.ClH/c1-4-8(10)5-6-9(11)12-7(2)3;/h4,7-8H,1,5-6,10H2,2-3H3;1H. The molecule has 13 heavy (non-hydrogen) atoms. The van der Waals surface area contributed by atoms with Crippen LogP contribution in [-0.4, -0.2) is 18.1 Å². The summed E-state index contributed by atoms with van der Waals surface area (Å²) in [4.78, 5) is 11.0. The molecule has 0 fully saturated rings. The minimum absolute atomic E-state index is 0. The molecule has 0 saturated heterocycles. The van der Waals surface area contributed by atoms with Gasteiger partial charge in [0.2, 0.25) is 0 Å². The smallest absolute Gasteiger partial charge is 0.306 e. The van der Waals surface area contributed by atoms with Crippen LogP contribution in [0.4, 0.5) is 0 Å². The van der Waals surface area contributed by atoms with Gasteiger partial charge >= 0.3 is 5.97 Å². The van der Waals surface area contributed by atoms with E-state index >= 15 is 0 Å². The maximum absolute atomic E-state index is 11.0. The second-order valence-corrected chi connectivity index (χ2v) is 2.98. The largest absolute Gasteiger partial charge is 0.463 e. The zero-order chi connectivity index (χ0) is 9.56. The Bertz CT molecular complexity index is 160. The lowest BCUT2D eigenvalue weighted by atomic mass is 10.2. The first kappa shape index (κ1) is 15.0. The molecule has 0 aromatic heterocycles. The molecule has 0 heterocycles. The Morgan fingerprint density at radius 3 is 2.54 bits per heavy atom. The van der Waals surface area contributed by atoms with Gasteiger partial charge in [0.25, 0.3) is 0 Å². The summed E-state index contributed by atoms with van der Waals surface area (Å²) < 4.78 is 4.92. The number of esters is 1. The van der Waals surface area contributed by atoms with Crippen molar-refractivity contribution in [1.29, 1.82) is 0 Å². The van der Waals surface area contributed by atoms with E-state index in [2.05, 4.69) is 6.58 Å². The van der Waals surface area contributed by atoms with Crippen molar-refractivity contribution in [3.8, 4) is 0 Å². The van der Waals surface area contributed by atoms with Crippen LogP contribution in [0.5, 0.6) is 0 Å². The molecule has 78 valence electrons. The predicted molar refractivity (Wildman–Crippen MR) is 55.9 cm³/mol. The molecular formula is C9H18ClNO2. The molecule has 0 aliphatic rings. The molecule has 0 radical (unpaired) electrons. The van der Waals surface area contributed by atoms with Gasteiger partial charge in [-0.1, -0.05) is 6.08 Å². The van der Waals surface area contributed by atoms with Crippen LogP contribution in [0.3, 0.4) is 0 Å². The van der Waals surface area contributed by atoms with Crippen molar-refractivity contribution in [3.63, 3.8) is 0 Å². The highest BCUT2D eigenvalue weighted by atomic mass is 35.5. The third-order valence-electron chi connectivity index (χ3n) is 1.35. The van der Waals surface area contributed by atoms with Crippen molar-refractivity contribution in [2.24, 2.45) is 5.73 Å². The monoisotopic (exact) mass is 207 g/mol. The molecule has 0 aromatic rings. The van der Waals surface area contributed by atoms with Crippen LogP contribution in [0.15, 0.2) is 12.7 Å². The first-order valence-electron chi connectivity index (χ1n) is 4.14. The van der Waals surface area contributed by atoms with Crippen molar-refractivity contribution in [2.75, 3.05) is 0 Å². The summed E-state index contributed by atoms with van der Waals surface area (Å²) in [5, 5.41) is 0. The fourth-order valence-electron chi connectivity index (χ4n) is 0.724. The molecule has 1 atom stereocenters. The van der Waals surface area contributed by atoms with Crippen LogP contribution in [-0.2, 0) is 9.53 Å². The highest BCUT2D eigenvalue weighted by molar-refractivity contribution is 5.85. The zero-order valence-corrected chi connectivity index (χ0v) is 8.97. The van der Waals surface area contributed by atoms with Gasteiger partial charge in [-0.3, -0.25) is 4.79 Å². The molecular weight excluding hydrogens is 190 g/mol. The van der Waals surface area contributed by atoms with Gasteiger partial charge < -0.3 is 10.5 Å². The van der Waals surface area contributed by atoms with Crippen molar-refractivity contribution in [3.05, 3.63) is 12.7 Å². The van der Waals surface area contributed by atoms with Gasteiger partial charge in [0.1, 0.15) is 0 Å². The Morgan fingerprint density at radius 2 is 2.15 bits per heavy atom. The Labute approximate surface area is 85.7 Å². The summed E-state index contributed by atoms with van der Waals surface area (Å²) >= 11 is 0. The van der Waals surface area contributed by atoms with E-state index in [-0.39, 0.29) is 30.5 Å². The normalized spacial score (nSPS) is 11.7. The van der Waals surface area contributed by atoms with Crippen LogP contribution in [0.1, 0.15) is 26.7 Å². The fraction of sp³-hybridized carbons (Fsp3) is 0.667. The molecule has 4 heteroatoms. The number of ether oxygens (including phenoxy) is 1. The van der Waals surface area contributed by atoms with E-state index in [1.165, 1.54) is 0 Å². The van der Waals surface area contributed by atoms with E-state index in [1.807, 2.05) is 13.8 Å². The molecule has 3 nitrogen and oxygen atoms in total. The number of carbonyl (C=O) groups excluding carboxylic acids is 1. The highest BCUT2D eigenvalue weighted by Crippen LogP contribution is 1.99. The van der Waals surface area contributed by atoms with E-state index in [9.17, 15) is 4.79 Å². The van der Waals surface area contributed by atoms with E-state index < -0.39 is 0 Å². The molecule has 0 rings (SSSR count). The molecule has 0 amide bonds. The van der Waals surface area contributed by atoms with Crippen molar-refractivity contribution in [1.82, 2.24) is 0 Å². The molecule has 0 bridgehead atoms. The number of halogens is 1. The van der Waals surface area contributed by atoms with E-state index in [1.54, 1.807) is 6.08 Å². The molecule has 2 N–H and O–H groups in total. The third-order valence-corrected chi connectivity index (χ3v) is 1.35. The number of nitrogens with two attached hydrogens (primary N) is 1. The van der Waals surface area contributed by atoms with Crippen LogP contribution in [0.25, 0.3) is 0 Å². The Balaban J connectivity index is 0. The third kappa shape index (κ3) is 9.37. The second-order valence-electron chi connectivity index (χ2n) is 2.98. The Hall–Kier alpha value is -0.540. The Morgan fingerprint density at radius 1 is 1.62 bits per heavy atom. The quantitative estimate of drug-likeness (QED) is 0.551. The van der Waals surface area contributed by atoms with Gasteiger partial charge in [0.15, 0.2) is 0 Å². The fourth-order valence-corrected chi connectivity index (χ4v) is 0.724. The van der Waals surface area contributed by atoms with Crippen molar-refractivity contribution in [2.45, 2.75) is 38.8 Å². The van der Waals surface area contributed by atoms with E-state index in [0.717, 1.165) is 0 Å². The average Bonchev–Trinajstić information content (AvgIpc) is 1.99. The summed E-state index contributed by atoms with van der Waals surface area (Å²) in [6.07, 6.45) is 2.56. The van der Waals surface area contributed by atoms with Crippen molar-refractivity contribution < 1.29 is 9.53 Å². The van der Waals surface area contributed by atoms with Gasteiger partial charge in [0.05, 0.1) is 6.10 Å². The lowest BCUT2D eigenvalue weighted by molar-refractivity contribution is -0.147. The van der Waals surface area contributed by atoms with Gasteiger partial charge in [-0.05, 0) is 20.3 Å². The molecule has 0 aromatic carbocycles. The maximum Gasteiger partial charge on any atom is 0.306 e. The van der Waals surface area contributed by atoms with Gasteiger partial charge in [0, 0.05) is 12.5 Å². The summed E-state index contributed by atoms with van der Waals surface area (Å²) in [7, 11) is 0. The summed E-state index contributed by atoms with van der Waals surface area (Å²) in [5.74, 6) is -0.192. The maximum atomic E-state index is 11.0. The summed E-state index contributed by atoms with van der Waals surface area (Å²) in [6, 6.07) is -0.107. The van der Waals surface area contributed by atoms with Gasteiger partial charge in [-0.15, -0.1) is 19.0 Å². The molecule has 0 spiro atoms. The van der Waals surface area contributed by atoms with Crippen LogP contribution >= 0.6 is 12.4 Å². The number of hydrogen-bond donors (Lipinski definition) is 1. The van der Waals surface area contributed by atoms with Crippen LogP contribution < -0.4 is 5.73 Å². The number of carbonyl (C=O) groups is 1. The lowest BCUT2D eigenvalue weighted by Crippen LogP contribution is -2.19. The van der Waals surface area contributed by atoms with Crippen LogP contribution in [0.2, 0.25) is 0 Å². The Kier molecular flexibility index (Phi) is 9.29. The molecule has 0 aliphatic carbocycles. The summed E-state index contributed by atoms with van der Waals surface area (Å²) in [5.41, 5.74) is 5.53. The lowest BCUT2D eigenvalue weighted by Gasteiger charge is -2.08. The van der Waals surface area contributed by atoms with Gasteiger partial charge in [-0.2, -0.15) is 0 Å². The first-order valence-corrected chi connectivity index (χ1v) is 4.14. The molecule has 0 aliphatic heterocycles. The molecule has 0 saturated carbocycles. The average molecular weight is 208 g/mol. The summed E-state index contributed by atoms with van der Waals surface area (Å²) in [6.45, 7) is 7.17. The topological polar surface area (TPSA) is 52.3 Å². The van der Waals surface area contributed by atoms with E-state index in [4.69, 9.17) is 10.5 Å². The predicted octanol–water partition coefficient (Wildman–Crippen LogP) is 1.65. The second kappa shape index (κ2) is 8.08. The number of hydrogen-bond acceptors (Lipinski definition) is 3.